The van der Waals surface area contributed by atoms with Crippen LogP contribution in [0.5, 0.6) is 0 Å². The first-order chi connectivity index (χ1) is 7.74. The largest absolute Gasteiger partial charge is 0.377 e. The summed E-state index contributed by atoms with van der Waals surface area (Å²) >= 11 is 0. The second-order valence-electron chi connectivity index (χ2n) is 4.51. The average molecular weight is 227 g/mol. The van der Waals surface area contributed by atoms with Crippen LogP contribution < -0.4 is 5.32 Å². The third-order valence-corrected chi connectivity index (χ3v) is 2.88. The van der Waals surface area contributed by atoms with E-state index in [4.69, 9.17) is 4.74 Å². The number of hydrogen-bond acceptors (Lipinski definition) is 2. The van der Waals surface area contributed by atoms with Crippen molar-refractivity contribution in [3.63, 3.8) is 0 Å². The van der Waals surface area contributed by atoms with Gasteiger partial charge in [0.25, 0.3) is 0 Å². The highest BCUT2D eigenvalue weighted by Crippen LogP contribution is 2.13. The lowest BCUT2D eigenvalue weighted by Crippen LogP contribution is -2.28. The van der Waals surface area contributed by atoms with Gasteiger partial charge in [-0.1, -0.05) is 39.2 Å². The summed E-state index contributed by atoms with van der Waals surface area (Å²) in [6.07, 6.45) is 7.32. The molecule has 0 aliphatic rings. The Bertz CT molecular complexity index is 159. The number of rotatable bonds is 11. The Morgan fingerprint density at radius 1 is 1.38 bits per heavy atom. The number of unbranched alkanes of at least 4 members (excludes halogenated alkanes) is 1. The number of hydrogen-bond donors (Lipinski definition) is 1. The van der Waals surface area contributed by atoms with Crippen molar-refractivity contribution in [3.8, 4) is 0 Å². The second-order valence-corrected chi connectivity index (χ2v) is 4.51. The third-order valence-electron chi connectivity index (χ3n) is 2.88. The van der Waals surface area contributed by atoms with E-state index in [2.05, 4.69) is 32.7 Å². The summed E-state index contributed by atoms with van der Waals surface area (Å²) in [7, 11) is 0. The van der Waals surface area contributed by atoms with Gasteiger partial charge in [-0.2, -0.15) is 0 Å². The fourth-order valence-corrected chi connectivity index (χ4v) is 1.65. The van der Waals surface area contributed by atoms with E-state index in [9.17, 15) is 0 Å². The standard InChI is InChI=1S/C14H29NO/c1-5-8-9-14(7-3)12-16-13(4)11-15-10-6-2/h6,13-15H,2,5,7-12H2,1,3-4H3. The lowest BCUT2D eigenvalue weighted by molar-refractivity contribution is 0.0374. The average Bonchev–Trinajstić information content (AvgIpc) is 2.30. The molecule has 0 aliphatic heterocycles. The number of ether oxygens (including phenoxy) is 1. The van der Waals surface area contributed by atoms with Crippen LogP contribution in [0.15, 0.2) is 12.7 Å². The zero-order chi connectivity index (χ0) is 12.2. The molecule has 2 heteroatoms. The minimum Gasteiger partial charge on any atom is -0.377 e. The van der Waals surface area contributed by atoms with Crippen molar-refractivity contribution in [3.05, 3.63) is 12.7 Å². The molecule has 2 unspecified atom stereocenters. The van der Waals surface area contributed by atoms with Crippen molar-refractivity contribution in [1.29, 1.82) is 0 Å². The molecular formula is C14H29NO. The monoisotopic (exact) mass is 227 g/mol. The van der Waals surface area contributed by atoms with Crippen molar-refractivity contribution in [1.82, 2.24) is 5.32 Å². The molecule has 0 radical (unpaired) electrons. The van der Waals surface area contributed by atoms with Gasteiger partial charge in [-0.3, -0.25) is 0 Å². The van der Waals surface area contributed by atoms with E-state index in [-0.39, 0.29) is 0 Å². The molecule has 2 atom stereocenters. The first-order valence-corrected chi connectivity index (χ1v) is 6.67. The fraction of sp³-hybridized carbons (Fsp3) is 0.857. The van der Waals surface area contributed by atoms with Gasteiger partial charge in [0.2, 0.25) is 0 Å². The van der Waals surface area contributed by atoms with Gasteiger partial charge in [-0.15, -0.1) is 6.58 Å². The van der Waals surface area contributed by atoms with Crippen molar-refractivity contribution < 1.29 is 4.74 Å². The van der Waals surface area contributed by atoms with Gasteiger partial charge in [0.05, 0.1) is 6.10 Å². The summed E-state index contributed by atoms with van der Waals surface area (Å²) in [5.74, 6) is 0.738. The van der Waals surface area contributed by atoms with Gasteiger partial charge in [0, 0.05) is 19.7 Å². The molecule has 0 aromatic heterocycles. The molecule has 0 spiro atoms. The summed E-state index contributed by atoms with van der Waals surface area (Å²) < 4.78 is 5.84. The Balaban J connectivity index is 3.53. The third kappa shape index (κ3) is 8.93. The maximum atomic E-state index is 5.84. The minimum atomic E-state index is 0.302. The van der Waals surface area contributed by atoms with Crippen LogP contribution in [-0.4, -0.2) is 25.8 Å². The zero-order valence-corrected chi connectivity index (χ0v) is 11.3. The number of nitrogens with one attached hydrogen (secondary N) is 1. The first kappa shape index (κ1) is 15.7. The van der Waals surface area contributed by atoms with Crippen molar-refractivity contribution in [2.24, 2.45) is 5.92 Å². The molecule has 0 aromatic rings. The van der Waals surface area contributed by atoms with Crippen LogP contribution in [0.4, 0.5) is 0 Å². The topological polar surface area (TPSA) is 21.3 Å². The van der Waals surface area contributed by atoms with Crippen LogP contribution in [-0.2, 0) is 4.74 Å². The molecule has 16 heavy (non-hydrogen) atoms. The maximum Gasteiger partial charge on any atom is 0.0671 e. The molecule has 0 amide bonds. The predicted octanol–water partition coefficient (Wildman–Crippen LogP) is 3.38. The Kier molecular flexibility index (Phi) is 10.9. The van der Waals surface area contributed by atoms with E-state index in [0.717, 1.165) is 25.6 Å². The molecule has 0 fully saturated rings. The molecule has 2 nitrogen and oxygen atoms in total. The van der Waals surface area contributed by atoms with E-state index in [1.165, 1.54) is 25.7 Å². The van der Waals surface area contributed by atoms with Gasteiger partial charge in [0.1, 0.15) is 0 Å². The highest BCUT2D eigenvalue weighted by molar-refractivity contribution is 4.70. The van der Waals surface area contributed by atoms with Gasteiger partial charge < -0.3 is 10.1 Å². The molecular weight excluding hydrogens is 198 g/mol. The first-order valence-electron chi connectivity index (χ1n) is 6.67. The van der Waals surface area contributed by atoms with Gasteiger partial charge >= 0.3 is 0 Å². The van der Waals surface area contributed by atoms with Crippen LogP contribution in [0.3, 0.4) is 0 Å². The highest BCUT2D eigenvalue weighted by Gasteiger charge is 2.08. The maximum absolute atomic E-state index is 5.84. The van der Waals surface area contributed by atoms with Crippen molar-refractivity contribution >= 4 is 0 Å². The summed E-state index contributed by atoms with van der Waals surface area (Å²) in [6, 6.07) is 0. The quantitative estimate of drug-likeness (QED) is 0.431. The molecule has 0 saturated carbocycles. The van der Waals surface area contributed by atoms with Gasteiger partial charge in [0.15, 0.2) is 0 Å². The van der Waals surface area contributed by atoms with E-state index in [1.807, 2.05) is 6.08 Å². The zero-order valence-electron chi connectivity index (χ0n) is 11.3. The van der Waals surface area contributed by atoms with E-state index < -0.39 is 0 Å². The summed E-state index contributed by atoms with van der Waals surface area (Å²) in [5.41, 5.74) is 0. The Labute approximate surface area is 101 Å². The summed E-state index contributed by atoms with van der Waals surface area (Å²) in [4.78, 5) is 0. The molecule has 0 aliphatic carbocycles. The van der Waals surface area contributed by atoms with Crippen molar-refractivity contribution in [2.75, 3.05) is 19.7 Å². The van der Waals surface area contributed by atoms with Gasteiger partial charge in [-0.05, 0) is 19.3 Å². The van der Waals surface area contributed by atoms with Crippen molar-refractivity contribution in [2.45, 2.75) is 52.6 Å². The fourth-order valence-electron chi connectivity index (χ4n) is 1.65. The molecule has 0 heterocycles. The molecule has 96 valence electrons. The minimum absolute atomic E-state index is 0.302. The SMILES string of the molecule is C=CCNCC(C)OCC(CC)CCCC. The van der Waals surface area contributed by atoms with Crippen LogP contribution in [0, 0.1) is 5.92 Å². The Hall–Kier alpha value is -0.340. The van der Waals surface area contributed by atoms with E-state index >= 15 is 0 Å². The molecule has 1 N–H and O–H groups in total. The van der Waals surface area contributed by atoms with E-state index in [0.29, 0.717) is 6.10 Å². The Morgan fingerprint density at radius 2 is 2.12 bits per heavy atom. The Morgan fingerprint density at radius 3 is 2.69 bits per heavy atom. The predicted molar refractivity (Wildman–Crippen MR) is 71.8 cm³/mol. The molecule has 0 rings (SSSR count). The van der Waals surface area contributed by atoms with Crippen LogP contribution >= 0.6 is 0 Å². The van der Waals surface area contributed by atoms with Gasteiger partial charge in [-0.25, -0.2) is 0 Å². The summed E-state index contributed by atoms with van der Waals surface area (Å²) in [5, 5.41) is 3.28. The lowest BCUT2D eigenvalue weighted by atomic mass is 10.0. The molecule has 0 aromatic carbocycles. The van der Waals surface area contributed by atoms with E-state index in [1.54, 1.807) is 0 Å². The normalized spacial score (nSPS) is 14.7. The molecule has 0 saturated heterocycles. The van der Waals surface area contributed by atoms with Crippen LogP contribution in [0.25, 0.3) is 0 Å². The summed E-state index contributed by atoms with van der Waals surface area (Å²) in [6.45, 7) is 13.0. The highest BCUT2D eigenvalue weighted by atomic mass is 16.5. The second kappa shape index (κ2) is 11.2. The van der Waals surface area contributed by atoms with Crippen LogP contribution in [0.1, 0.15) is 46.5 Å². The lowest BCUT2D eigenvalue weighted by Gasteiger charge is -2.19. The van der Waals surface area contributed by atoms with Crippen LogP contribution in [0.2, 0.25) is 0 Å². The smallest absolute Gasteiger partial charge is 0.0671 e. The molecule has 0 bridgehead atoms.